The van der Waals surface area contributed by atoms with Crippen LogP contribution in [0.4, 0.5) is 0 Å². The van der Waals surface area contributed by atoms with Gasteiger partial charge in [-0.15, -0.1) is 0 Å². The lowest BCUT2D eigenvalue weighted by atomic mass is 9.41. The van der Waals surface area contributed by atoms with Crippen LogP contribution >= 0.6 is 0 Å². The molecule has 4 unspecified atom stereocenters. The Morgan fingerprint density at radius 2 is 1.76 bits per heavy atom. The smallest absolute Gasteiger partial charge is 0.331 e. The minimum atomic E-state index is -1.50. The lowest BCUT2D eigenvalue weighted by molar-refractivity contribution is -0.483. The van der Waals surface area contributed by atoms with Gasteiger partial charge in [-0.2, -0.15) is 0 Å². The van der Waals surface area contributed by atoms with Gasteiger partial charge in [0, 0.05) is 23.3 Å². The van der Waals surface area contributed by atoms with E-state index in [4.69, 9.17) is 14.9 Å². The number of carboxylic acid groups (broad SMARTS) is 1. The van der Waals surface area contributed by atoms with Crippen molar-refractivity contribution < 1.29 is 50.7 Å². The molecule has 0 aromatic carbocycles. The van der Waals surface area contributed by atoms with Crippen molar-refractivity contribution in [2.75, 3.05) is 19.8 Å². The van der Waals surface area contributed by atoms with Gasteiger partial charge in [-0.25, -0.2) is 4.79 Å². The number of hydrogen-bond acceptors (Lipinski definition) is 9. The largest absolute Gasteiger partial charge is 0.549 e. The average Bonchev–Trinajstić information content (AvgIpc) is 3.38. The molecule has 0 saturated heterocycles. The van der Waals surface area contributed by atoms with Gasteiger partial charge in [0.1, 0.15) is 12.1 Å². The zero-order valence-electron chi connectivity index (χ0n) is 21.9. The van der Waals surface area contributed by atoms with Gasteiger partial charge >= 0.3 is 5.97 Å². The number of cyclic esters (lactones) is 1. The lowest BCUT2D eigenvalue weighted by Crippen LogP contribution is -2.74. The van der Waals surface area contributed by atoms with Crippen molar-refractivity contribution in [1.82, 2.24) is 0 Å². The van der Waals surface area contributed by atoms with Gasteiger partial charge in [0.25, 0.3) is 0 Å². The van der Waals surface area contributed by atoms with Crippen LogP contribution in [0.25, 0.3) is 0 Å². The Labute approximate surface area is 217 Å². The second kappa shape index (κ2) is 9.57. The van der Waals surface area contributed by atoms with E-state index in [-0.39, 0.29) is 62.8 Å². The molecule has 4 fully saturated rings. The molecule has 8 atom stereocenters. The summed E-state index contributed by atoms with van der Waals surface area (Å²) in [6, 6.07) is 0. The van der Waals surface area contributed by atoms with Crippen molar-refractivity contribution in [3.63, 3.8) is 0 Å². The molecule has 4 saturated carbocycles. The van der Waals surface area contributed by atoms with Crippen LogP contribution in [0.15, 0.2) is 11.6 Å². The Balaban J connectivity index is 0.000000405. The molecule has 0 aromatic heterocycles. The third kappa shape index (κ3) is 4.24. The summed E-state index contributed by atoms with van der Waals surface area (Å²) < 4.78 is 5.13. The summed E-state index contributed by atoms with van der Waals surface area (Å²) in [4.78, 5) is 24.2. The monoisotopic (exact) mass is 525 g/mol. The first-order chi connectivity index (χ1) is 17.2. The second-order valence-electron chi connectivity index (χ2n) is 12.9. The molecule has 1 aliphatic heterocycles. The molecule has 1 heterocycles. The van der Waals surface area contributed by atoms with Gasteiger partial charge < -0.3 is 45.9 Å². The topological polar surface area (TPSA) is 195 Å². The number of hydrogen-bond donors (Lipinski definition) is 6. The van der Waals surface area contributed by atoms with E-state index in [1.165, 1.54) is 0 Å². The number of carbonyl (C=O) groups is 2. The number of ether oxygens (including phenoxy) is 1. The molecule has 5 aliphatic rings. The normalized spacial score (nSPS) is 45.0. The Morgan fingerprint density at radius 3 is 2.30 bits per heavy atom. The van der Waals surface area contributed by atoms with E-state index in [0.29, 0.717) is 32.1 Å². The summed E-state index contributed by atoms with van der Waals surface area (Å²) in [6.45, 7) is 3.89. The molecule has 4 aliphatic carbocycles. The number of aliphatic hydroxyl groups is 5. The fraction of sp³-hybridized carbons (Fsp3) is 0.852. The number of carboxylic acids is 1. The van der Waals surface area contributed by atoms with Gasteiger partial charge in [0.2, 0.25) is 0 Å². The maximum absolute atomic E-state index is 12.6. The van der Waals surface area contributed by atoms with Crippen molar-refractivity contribution in [3.8, 4) is 0 Å². The van der Waals surface area contributed by atoms with E-state index >= 15 is 0 Å². The fourth-order valence-corrected chi connectivity index (χ4v) is 8.52. The minimum absolute atomic E-state index is 0.0304. The molecule has 10 nitrogen and oxygen atoms in total. The second-order valence-corrected chi connectivity index (χ2v) is 12.9. The third-order valence-corrected chi connectivity index (χ3v) is 10.7. The van der Waals surface area contributed by atoms with Crippen LogP contribution in [0.3, 0.4) is 0 Å². The molecule has 37 heavy (non-hydrogen) atoms. The molecule has 0 spiro atoms. The van der Waals surface area contributed by atoms with Gasteiger partial charge in [-0.05, 0) is 81.6 Å². The van der Waals surface area contributed by atoms with E-state index in [1.54, 1.807) is 13.0 Å². The van der Waals surface area contributed by atoms with E-state index in [1.807, 2.05) is 0 Å². The number of quaternary nitrogens is 1. The van der Waals surface area contributed by atoms with Gasteiger partial charge in [-0.1, -0.05) is 6.92 Å². The molecule has 0 radical (unpaired) electrons. The van der Waals surface area contributed by atoms with Crippen LogP contribution in [-0.4, -0.2) is 80.1 Å². The van der Waals surface area contributed by atoms with E-state index < -0.39 is 39.6 Å². The Kier molecular flexibility index (Phi) is 7.36. The van der Waals surface area contributed by atoms with Crippen LogP contribution < -0.4 is 10.8 Å². The van der Waals surface area contributed by atoms with Crippen molar-refractivity contribution in [1.29, 1.82) is 0 Å². The van der Waals surface area contributed by atoms with Crippen LogP contribution in [0.5, 0.6) is 0 Å². The van der Waals surface area contributed by atoms with Crippen molar-refractivity contribution >= 4 is 11.9 Å². The predicted octanol–water partition coefficient (Wildman–Crippen LogP) is -1.58. The average molecular weight is 526 g/mol. The van der Waals surface area contributed by atoms with E-state index in [0.717, 1.165) is 12.0 Å². The standard InChI is InChI=1S/C23H32O7.C4H11NO2/c1-20-6-3-16-17(23(20,29)9-5-15(20)13-10-18(25)30-12-13)4-7-21(28)11-14(24)2-8-22(16,21)19(26)27;1-4(5,2-6)3-7/h10,14-17,24,28-29H,2-9,11-12H2,1H3,(H,26,27);6-7H,2-3,5H2,1H3/t14?,15-,16-,17?,20+,21?,22+,23?;/m0./s1. The van der Waals surface area contributed by atoms with Crippen LogP contribution in [0, 0.1) is 28.6 Å². The molecule has 0 amide bonds. The number of aliphatic hydroxyl groups excluding tert-OH is 3. The SMILES string of the molecule is CC([NH3+])(CO)CO.C[C@]12CC[C@H]3C(CCC4(O)CC(O)CC[C@]34C(=O)[O-])C1(O)CC[C@H]2C1=CC(=O)OC1. The Morgan fingerprint density at radius 1 is 1.11 bits per heavy atom. The lowest BCUT2D eigenvalue weighted by Gasteiger charge is -2.67. The molecular formula is C27H43NO9. The first kappa shape index (κ1) is 28.4. The summed E-state index contributed by atoms with van der Waals surface area (Å²) in [7, 11) is 0. The molecule has 8 N–H and O–H groups in total. The number of aliphatic carboxylic acids is 1. The van der Waals surface area contributed by atoms with Gasteiger partial charge in [0.15, 0.2) is 0 Å². The first-order valence-corrected chi connectivity index (χ1v) is 13.5. The molecule has 0 bridgehead atoms. The highest BCUT2D eigenvalue weighted by atomic mass is 16.5. The number of esters is 1. The molecule has 10 heteroatoms. The highest BCUT2D eigenvalue weighted by Crippen LogP contribution is 2.70. The Hall–Kier alpha value is -1.56. The number of fused-ring (bicyclic) bond motifs is 5. The number of carbonyl (C=O) groups excluding carboxylic acids is 2. The van der Waals surface area contributed by atoms with E-state index in [2.05, 4.69) is 12.7 Å². The van der Waals surface area contributed by atoms with Gasteiger partial charge in [-0.3, -0.25) is 0 Å². The van der Waals surface area contributed by atoms with Crippen LogP contribution in [-0.2, 0) is 14.3 Å². The maximum Gasteiger partial charge on any atom is 0.331 e. The van der Waals surface area contributed by atoms with Crippen LogP contribution in [0.2, 0.25) is 0 Å². The summed E-state index contributed by atoms with van der Waals surface area (Å²) >= 11 is 0. The van der Waals surface area contributed by atoms with Crippen molar-refractivity contribution in [2.24, 2.45) is 28.6 Å². The summed E-state index contributed by atoms with van der Waals surface area (Å²) in [5.74, 6) is -2.19. The van der Waals surface area contributed by atoms with Crippen molar-refractivity contribution in [3.05, 3.63) is 11.6 Å². The quantitative estimate of drug-likeness (QED) is 0.235. The molecule has 5 rings (SSSR count). The summed E-state index contributed by atoms with van der Waals surface area (Å²) in [6.07, 6.45) is 4.64. The van der Waals surface area contributed by atoms with E-state index in [9.17, 15) is 30.0 Å². The zero-order chi connectivity index (χ0) is 27.4. The maximum atomic E-state index is 12.6. The first-order valence-electron chi connectivity index (χ1n) is 13.5. The fourth-order valence-electron chi connectivity index (χ4n) is 8.52. The zero-order valence-corrected chi connectivity index (χ0v) is 21.9. The number of rotatable bonds is 4. The highest BCUT2D eigenvalue weighted by Gasteiger charge is 2.71. The molecule has 0 aromatic rings. The third-order valence-electron chi connectivity index (χ3n) is 10.7. The highest BCUT2D eigenvalue weighted by molar-refractivity contribution is 5.85. The molecular weight excluding hydrogens is 482 g/mol. The summed E-state index contributed by atoms with van der Waals surface area (Å²) in [5, 5.41) is 63.0. The molecule has 210 valence electrons. The summed E-state index contributed by atoms with van der Waals surface area (Å²) in [5.41, 5.74) is -0.582. The Bertz CT molecular complexity index is 946. The van der Waals surface area contributed by atoms with Crippen molar-refractivity contribution in [2.45, 2.75) is 94.5 Å². The minimum Gasteiger partial charge on any atom is -0.549 e. The predicted molar refractivity (Wildman–Crippen MR) is 128 cm³/mol. The van der Waals surface area contributed by atoms with Crippen LogP contribution in [0.1, 0.15) is 71.6 Å². The van der Waals surface area contributed by atoms with Gasteiger partial charge in [0.05, 0.1) is 36.5 Å².